The highest BCUT2D eigenvalue weighted by Gasteiger charge is 2.19. The van der Waals surface area contributed by atoms with E-state index in [1.165, 1.54) is 25.7 Å². The van der Waals surface area contributed by atoms with E-state index in [0.717, 1.165) is 10.5 Å². The van der Waals surface area contributed by atoms with E-state index in [1.807, 2.05) is 0 Å². The van der Waals surface area contributed by atoms with E-state index in [9.17, 15) is 0 Å². The lowest BCUT2D eigenvalue weighted by Gasteiger charge is -2.13. The van der Waals surface area contributed by atoms with Crippen LogP contribution in [0.4, 0.5) is 0 Å². The number of H-pyrrole nitrogens is 1. The van der Waals surface area contributed by atoms with Gasteiger partial charge in [0.05, 0.1) is 12.3 Å². The van der Waals surface area contributed by atoms with Crippen LogP contribution in [0.3, 0.4) is 0 Å². The second-order valence-electron chi connectivity index (χ2n) is 3.55. The first-order valence-corrected chi connectivity index (χ1v) is 5.13. The molecule has 3 nitrogen and oxygen atoms in total. The molecule has 1 heterocycles. The van der Waals surface area contributed by atoms with Gasteiger partial charge >= 0.3 is 0 Å². The van der Waals surface area contributed by atoms with Crippen molar-refractivity contribution in [3.63, 3.8) is 0 Å². The van der Waals surface area contributed by atoms with Crippen molar-refractivity contribution < 1.29 is 5.11 Å². The minimum absolute atomic E-state index is 0.0731. The van der Waals surface area contributed by atoms with Gasteiger partial charge in [-0.05, 0) is 25.1 Å². The summed E-state index contributed by atoms with van der Waals surface area (Å²) >= 11 is 5.17. The molecule has 0 radical (unpaired) electrons. The molecule has 2 N–H and O–H groups in total. The highest BCUT2D eigenvalue weighted by atomic mass is 32.1. The van der Waals surface area contributed by atoms with Crippen molar-refractivity contribution in [3.8, 4) is 0 Å². The van der Waals surface area contributed by atoms with Crippen LogP contribution in [0.2, 0.25) is 0 Å². The smallest absolute Gasteiger partial charge is 0.177 e. The highest BCUT2D eigenvalue weighted by molar-refractivity contribution is 7.71. The summed E-state index contributed by atoms with van der Waals surface area (Å²) in [6.07, 6.45) is 6.75. The molecule has 1 aromatic rings. The fourth-order valence-electron chi connectivity index (χ4n) is 2.10. The Hall–Kier alpha value is -0.610. The molecule has 0 saturated heterocycles. The third-order valence-corrected chi connectivity index (χ3v) is 3.06. The fraction of sp³-hybridized carbons (Fsp3) is 0.667. The van der Waals surface area contributed by atoms with Gasteiger partial charge in [-0.2, -0.15) is 0 Å². The number of aliphatic hydroxyl groups is 1. The Bertz CT molecular complexity index is 336. The molecule has 0 aliphatic heterocycles. The molecule has 72 valence electrons. The van der Waals surface area contributed by atoms with Gasteiger partial charge in [0.2, 0.25) is 0 Å². The maximum atomic E-state index is 9.10. The average molecular weight is 198 g/mol. The standard InChI is InChI=1S/C9H14N2OS/c12-6-8-5-10-9(13)11(8)7-3-1-2-4-7/h5,7,12H,1-4,6H2,(H,10,13). The molecule has 0 amide bonds. The van der Waals surface area contributed by atoms with Crippen molar-refractivity contribution in [2.45, 2.75) is 38.3 Å². The van der Waals surface area contributed by atoms with Crippen LogP contribution in [0.1, 0.15) is 37.4 Å². The van der Waals surface area contributed by atoms with Crippen LogP contribution in [-0.4, -0.2) is 14.7 Å². The van der Waals surface area contributed by atoms with Crippen molar-refractivity contribution in [1.82, 2.24) is 9.55 Å². The van der Waals surface area contributed by atoms with Crippen molar-refractivity contribution in [2.24, 2.45) is 0 Å². The summed E-state index contributed by atoms with van der Waals surface area (Å²) in [4.78, 5) is 2.98. The Kier molecular flexibility index (Phi) is 2.51. The molecular weight excluding hydrogens is 184 g/mol. The molecule has 2 rings (SSSR count). The van der Waals surface area contributed by atoms with E-state index in [2.05, 4.69) is 9.55 Å². The van der Waals surface area contributed by atoms with Crippen LogP contribution >= 0.6 is 12.2 Å². The maximum absolute atomic E-state index is 9.10. The second kappa shape index (κ2) is 3.64. The predicted octanol–water partition coefficient (Wildman–Crippen LogP) is 2.15. The predicted molar refractivity (Wildman–Crippen MR) is 53.0 cm³/mol. The number of rotatable bonds is 2. The lowest BCUT2D eigenvalue weighted by atomic mass is 10.2. The molecule has 4 heteroatoms. The molecular formula is C9H14N2OS. The van der Waals surface area contributed by atoms with Gasteiger partial charge in [0.15, 0.2) is 4.77 Å². The summed E-state index contributed by atoms with van der Waals surface area (Å²) in [5, 5.41) is 9.10. The number of hydrogen-bond acceptors (Lipinski definition) is 2. The number of nitrogens with zero attached hydrogens (tertiary/aromatic N) is 1. The van der Waals surface area contributed by atoms with Crippen LogP contribution in [0.15, 0.2) is 6.20 Å². The van der Waals surface area contributed by atoms with E-state index in [0.29, 0.717) is 6.04 Å². The van der Waals surface area contributed by atoms with Crippen LogP contribution in [-0.2, 0) is 6.61 Å². The highest BCUT2D eigenvalue weighted by Crippen LogP contribution is 2.30. The summed E-state index contributed by atoms with van der Waals surface area (Å²) in [6, 6.07) is 0.515. The zero-order valence-electron chi connectivity index (χ0n) is 7.49. The Morgan fingerprint density at radius 3 is 2.85 bits per heavy atom. The molecule has 0 atom stereocenters. The quantitative estimate of drug-likeness (QED) is 0.715. The van der Waals surface area contributed by atoms with Crippen molar-refractivity contribution in [1.29, 1.82) is 0 Å². The van der Waals surface area contributed by atoms with Gasteiger partial charge in [0, 0.05) is 12.2 Å². The minimum atomic E-state index is 0.0731. The molecule has 1 fully saturated rings. The molecule has 1 aromatic heterocycles. The van der Waals surface area contributed by atoms with E-state index >= 15 is 0 Å². The Balaban J connectivity index is 2.36. The van der Waals surface area contributed by atoms with Gasteiger partial charge in [-0.1, -0.05) is 12.8 Å². The number of aliphatic hydroxyl groups excluding tert-OH is 1. The minimum Gasteiger partial charge on any atom is -0.390 e. The first-order valence-electron chi connectivity index (χ1n) is 4.72. The van der Waals surface area contributed by atoms with Gasteiger partial charge in [-0.3, -0.25) is 0 Å². The summed E-state index contributed by atoms with van der Waals surface area (Å²) in [7, 11) is 0. The lowest BCUT2D eigenvalue weighted by molar-refractivity contribution is 0.265. The Morgan fingerprint density at radius 1 is 1.54 bits per heavy atom. The van der Waals surface area contributed by atoms with Crippen LogP contribution in [0, 0.1) is 4.77 Å². The van der Waals surface area contributed by atoms with Gasteiger partial charge in [0.25, 0.3) is 0 Å². The first-order chi connectivity index (χ1) is 6.33. The van der Waals surface area contributed by atoms with Gasteiger partial charge in [-0.15, -0.1) is 0 Å². The fourth-order valence-corrected chi connectivity index (χ4v) is 2.42. The monoisotopic (exact) mass is 198 g/mol. The number of imidazole rings is 1. The zero-order chi connectivity index (χ0) is 9.26. The number of hydrogen-bond donors (Lipinski definition) is 2. The van der Waals surface area contributed by atoms with Crippen molar-refractivity contribution in [3.05, 3.63) is 16.7 Å². The van der Waals surface area contributed by atoms with E-state index in [1.54, 1.807) is 6.20 Å². The molecule has 1 saturated carbocycles. The summed E-state index contributed by atoms with van der Waals surface area (Å²) in [5.41, 5.74) is 0.914. The van der Waals surface area contributed by atoms with Crippen LogP contribution in [0.5, 0.6) is 0 Å². The van der Waals surface area contributed by atoms with E-state index in [4.69, 9.17) is 17.3 Å². The van der Waals surface area contributed by atoms with Gasteiger partial charge in [0.1, 0.15) is 0 Å². The normalized spacial score (nSPS) is 18.2. The van der Waals surface area contributed by atoms with Crippen LogP contribution < -0.4 is 0 Å². The van der Waals surface area contributed by atoms with Crippen LogP contribution in [0.25, 0.3) is 0 Å². The average Bonchev–Trinajstić information content (AvgIpc) is 2.72. The van der Waals surface area contributed by atoms with Crippen molar-refractivity contribution >= 4 is 12.2 Å². The molecule has 0 aromatic carbocycles. The molecule has 13 heavy (non-hydrogen) atoms. The second-order valence-corrected chi connectivity index (χ2v) is 3.94. The third kappa shape index (κ3) is 1.56. The van der Waals surface area contributed by atoms with E-state index in [-0.39, 0.29) is 6.61 Å². The molecule has 0 spiro atoms. The topological polar surface area (TPSA) is 40.9 Å². The molecule has 1 aliphatic rings. The number of aromatic nitrogens is 2. The summed E-state index contributed by atoms with van der Waals surface area (Å²) in [5.74, 6) is 0. The largest absolute Gasteiger partial charge is 0.390 e. The third-order valence-electron chi connectivity index (χ3n) is 2.74. The lowest BCUT2D eigenvalue weighted by Crippen LogP contribution is -2.08. The first kappa shape index (κ1) is 8.97. The maximum Gasteiger partial charge on any atom is 0.177 e. The molecule has 0 bridgehead atoms. The van der Waals surface area contributed by atoms with E-state index < -0.39 is 0 Å². The number of nitrogens with one attached hydrogen (secondary N) is 1. The SMILES string of the molecule is OCc1c[nH]c(=S)n1C1CCCC1. The number of aromatic amines is 1. The Morgan fingerprint density at radius 2 is 2.23 bits per heavy atom. The summed E-state index contributed by atoms with van der Waals surface area (Å²) < 4.78 is 2.82. The van der Waals surface area contributed by atoms with Crippen molar-refractivity contribution in [2.75, 3.05) is 0 Å². The Labute approximate surface area is 82.4 Å². The van der Waals surface area contributed by atoms with Gasteiger partial charge in [-0.25, -0.2) is 0 Å². The molecule has 0 unspecified atom stereocenters. The molecule has 1 aliphatic carbocycles. The zero-order valence-corrected chi connectivity index (χ0v) is 8.31. The van der Waals surface area contributed by atoms with Gasteiger partial charge < -0.3 is 14.7 Å². The summed E-state index contributed by atoms with van der Waals surface area (Å²) in [6.45, 7) is 0.0731.